The Kier molecular flexibility index (Phi) is 6.84. The molecule has 0 radical (unpaired) electrons. The van der Waals surface area contributed by atoms with Gasteiger partial charge in [0.1, 0.15) is 11.2 Å². The van der Waals surface area contributed by atoms with E-state index >= 15 is 0 Å². The molecule has 0 unspecified atom stereocenters. The van der Waals surface area contributed by atoms with Crippen molar-refractivity contribution in [1.29, 1.82) is 0 Å². The van der Waals surface area contributed by atoms with Crippen LogP contribution in [0.15, 0.2) is 192 Å². The Morgan fingerprint density at radius 1 is 0.354 bits per heavy atom. The number of hydrogen-bond acceptors (Lipinski definition) is 2. The molecule has 1 aromatic heterocycles. The average Bonchev–Trinajstić information content (AvgIpc) is 3.53. The number of hydrogen-bond donors (Lipinski definition) is 0. The van der Waals surface area contributed by atoms with Gasteiger partial charge in [0.15, 0.2) is 0 Å². The number of nitrogens with zero attached hydrogens (tertiary/aromatic N) is 1. The molecule has 9 rings (SSSR count). The first-order valence-corrected chi connectivity index (χ1v) is 16.3. The van der Waals surface area contributed by atoms with Crippen molar-refractivity contribution < 1.29 is 4.42 Å². The first-order chi connectivity index (χ1) is 23.8. The van der Waals surface area contributed by atoms with E-state index in [0.29, 0.717) is 0 Å². The summed E-state index contributed by atoms with van der Waals surface area (Å²) in [6, 6.07) is 66.8. The number of benzene rings is 8. The van der Waals surface area contributed by atoms with E-state index in [0.717, 1.165) is 50.1 Å². The van der Waals surface area contributed by atoms with Crippen molar-refractivity contribution in [3.05, 3.63) is 188 Å². The summed E-state index contributed by atoms with van der Waals surface area (Å²) in [6.07, 6.45) is 0. The van der Waals surface area contributed by atoms with Crippen molar-refractivity contribution in [3.63, 3.8) is 0 Å². The molecule has 0 aliphatic heterocycles. The molecule has 0 spiro atoms. The monoisotopic (exact) mass is 613 g/mol. The minimum absolute atomic E-state index is 0.897. The van der Waals surface area contributed by atoms with Crippen LogP contribution >= 0.6 is 0 Å². The Morgan fingerprint density at radius 3 is 1.48 bits per heavy atom. The third kappa shape index (κ3) is 4.92. The summed E-state index contributed by atoms with van der Waals surface area (Å²) in [4.78, 5) is 2.36. The second-order valence-electron chi connectivity index (χ2n) is 12.2. The van der Waals surface area contributed by atoms with Crippen molar-refractivity contribution in [3.8, 4) is 33.4 Å². The molecule has 0 fully saturated rings. The van der Waals surface area contributed by atoms with Crippen LogP contribution in [0.1, 0.15) is 0 Å². The van der Waals surface area contributed by atoms with Crippen LogP contribution in [0, 0.1) is 0 Å². The quantitative estimate of drug-likeness (QED) is 0.185. The van der Waals surface area contributed by atoms with Crippen molar-refractivity contribution in [1.82, 2.24) is 0 Å². The number of anilines is 3. The molecule has 0 N–H and O–H groups in total. The van der Waals surface area contributed by atoms with Gasteiger partial charge in [-0.25, -0.2) is 0 Å². The van der Waals surface area contributed by atoms with Gasteiger partial charge < -0.3 is 9.32 Å². The predicted octanol–water partition coefficient (Wildman–Crippen LogP) is 13.2. The highest BCUT2D eigenvalue weighted by Crippen LogP contribution is 2.45. The van der Waals surface area contributed by atoms with Crippen LogP contribution in [0.3, 0.4) is 0 Å². The SMILES string of the molecule is c1ccc(-c2ccc(N(c3ccc(-c4ccccc4)cc3)c3ccccc3-c3cccc4c3oc3cc5ccccc5cc34)cc2)cc1. The summed E-state index contributed by atoms with van der Waals surface area (Å²) in [5.74, 6) is 0. The van der Waals surface area contributed by atoms with Gasteiger partial charge in [0.2, 0.25) is 0 Å². The topological polar surface area (TPSA) is 16.4 Å². The number of fused-ring (bicyclic) bond motifs is 4. The molecule has 8 aromatic carbocycles. The summed E-state index contributed by atoms with van der Waals surface area (Å²) >= 11 is 0. The molecule has 0 aliphatic carbocycles. The lowest BCUT2D eigenvalue weighted by Crippen LogP contribution is -2.11. The molecule has 2 nitrogen and oxygen atoms in total. The molecule has 9 aromatic rings. The third-order valence-corrected chi connectivity index (χ3v) is 9.27. The zero-order chi connectivity index (χ0) is 31.9. The van der Waals surface area contributed by atoms with Crippen molar-refractivity contribution in [2.45, 2.75) is 0 Å². The van der Waals surface area contributed by atoms with Crippen molar-refractivity contribution in [2.24, 2.45) is 0 Å². The zero-order valence-electron chi connectivity index (χ0n) is 26.3. The highest BCUT2D eigenvalue weighted by atomic mass is 16.3. The molecule has 0 atom stereocenters. The molecule has 0 saturated carbocycles. The van der Waals surface area contributed by atoms with Gasteiger partial charge in [-0.3, -0.25) is 0 Å². The summed E-state index contributed by atoms with van der Waals surface area (Å²) in [6.45, 7) is 0. The van der Waals surface area contributed by atoms with E-state index in [1.807, 2.05) is 0 Å². The van der Waals surface area contributed by atoms with E-state index in [4.69, 9.17) is 4.42 Å². The second kappa shape index (κ2) is 11.8. The molecule has 0 aliphatic rings. The van der Waals surface area contributed by atoms with E-state index in [9.17, 15) is 0 Å². The molecule has 226 valence electrons. The van der Waals surface area contributed by atoms with Crippen LogP contribution in [0.2, 0.25) is 0 Å². The lowest BCUT2D eigenvalue weighted by molar-refractivity contribution is 0.670. The van der Waals surface area contributed by atoms with Crippen molar-refractivity contribution in [2.75, 3.05) is 4.90 Å². The number of rotatable bonds is 6. The smallest absolute Gasteiger partial charge is 0.143 e. The van der Waals surface area contributed by atoms with Crippen LogP contribution in [-0.4, -0.2) is 0 Å². The number of furan rings is 1. The van der Waals surface area contributed by atoms with Gasteiger partial charge >= 0.3 is 0 Å². The van der Waals surface area contributed by atoms with Gasteiger partial charge in [0.25, 0.3) is 0 Å². The van der Waals surface area contributed by atoms with E-state index in [1.165, 1.54) is 33.0 Å². The highest BCUT2D eigenvalue weighted by Gasteiger charge is 2.20. The Hall–Kier alpha value is -6.38. The lowest BCUT2D eigenvalue weighted by atomic mass is 9.98. The fourth-order valence-corrected chi connectivity index (χ4v) is 6.89. The first-order valence-electron chi connectivity index (χ1n) is 16.3. The van der Waals surface area contributed by atoms with E-state index < -0.39 is 0 Å². The second-order valence-corrected chi connectivity index (χ2v) is 12.2. The Labute approximate surface area is 279 Å². The van der Waals surface area contributed by atoms with Crippen molar-refractivity contribution >= 4 is 49.8 Å². The summed E-state index contributed by atoms with van der Waals surface area (Å²) in [7, 11) is 0. The number of para-hydroxylation sites is 2. The fourth-order valence-electron chi connectivity index (χ4n) is 6.89. The zero-order valence-corrected chi connectivity index (χ0v) is 26.3. The Morgan fingerprint density at radius 2 is 0.854 bits per heavy atom. The molecule has 1 heterocycles. The van der Waals surface area contributed by atoms with Crippen LogP contribution in [0.25, 0.3) is 66.1 Å². The molecule has 0 amide bonds. The third-order valence-electron chi connectivity index (χ3n) is 9.27. The molecular weight excluding hydrogens is 583 g/mol. The van der Waals surface area contributed by atoms with Gasteiger partial charge in [-0.15, -0.1) is 0 Å². The average molecular weight is 614 g/mol. The molecular formula is C46H31NO. The molecule has 48 heavy (non-hydrogen) atoms. The maximum Gasteiger partial charge on any atom is 0.143 e. The summed E-state index contributed by atoms with van der Waals surface area (Å²) < 4.78 is 6.70. The summed E-state index contributed by atoms with van der Waals surface area (Å²) in [5.41, 5.74) is 12.0. The van der Waals surface area contributed by atoms with Gasteiger partial charge in [-0.2, -0.15) is 0 Å². The van der Waals surface area contributed by atoms with E-state index in [-0.39, 0.29) is 0 Å². The molecule has 2 heteroatoms. The largest absolute Gasteiger partial charge is 0.455 e. The minimum Gasteiger partial charge on any atom is -0.455 e. The van der Waals surface area contributed by atoms with Gasteiger partial charge in [-0.1, -0.05) is 146 Å². The molecule has 0 saturated heterocycles. The standard InChI is InChI=1S/C46H31NO/c1-3-12-32(13-4-1)34-22-26-38(27-23-34)47(39-28-24-35(25-29-39)33-14-5-2-6-15-33)44-21-10-9-18-40(44)41-19-11-20-42-43-30-36-16-7-8-17-37(36)31-45(43)48-46(41)42/h1-31H. The Bertz CT molecular complexity index is 2450. The van der Waals surface area contributed by atoms with Crippen LogP contribution in [0.4, 0.5) is 17.1 Å². The van der Waals surface area contributed by atoms with E-state index in [1.54, 1.807) is 0 Å². The maximum atomic E-state index is 6.70. The van der Waals surface area contributed by atoms with Crippen LogP contribution < -0.4 is 4.90 Å². The van der Waals surface area contributed by atoms with Gasteiger partial charge in [0, 0.05) is 33.3 Å². The van der Waals surface area contributed by atoms with Gasteiger partial charge in [-0.05, 0) is 75.5 Å². The Balaban J connectivity index is 1.22. The fraction of sp³-hybridized carbons (Fsp3) is 0. The summed E-state index contributed by atoms with van der Waals surface area (Å²) in [5, 5.41) is 4.64. The van der Waals surface area contributed by atoms with E-state index in [2.05, 4.69) is 193 Å². The van der Waals surface area contributed by atoms with Crippen LogP contribution in [0.5, 0.6) is 0 Å². The lowest BCUT2D eigenvalue weighted by Gasteiger charge is -2.28. The first kappa shape index (κ1) is 27.9. The highest BCUT2D eigenvalue weighted by molar-refractivity contribution is 6.14. The predicted molar refractivity (Wildman–Crippen MR) is 202 cm³/mol. The molecule has 0 bridgehead atoms. The minimum atomic E-state index is 0.897. The normalized spacial score (nSPS) is 11.3. The van der Waals surface area contributed by atoms with Crippen LogP contribution in [-0.2, 0) is 0 Å². The van der Waals surface area contributed by atoms with Gasteiger partial charge in [0.05, 0.1) is 5.69 Å². The maximum absolute atomic E-state index is 6.70.